The van der Waals surface area contributed by atoms with E-state index in [1.165, 1.54) is 41.4 Å². The molecule has 1 aromatic carbocycles. The van der Waals surface area contributed by atoms with Crippen LogP contribution >= 0.6 is 11.6 Å². The number of fused-ring (bicyclic) bond motifs is 1. The molecule has 18 heavy (non-hydrogen) atoms. The Labute approximate surface area is 113 Å². The highest BCUT2D eigenvalue weighted by Crippen LogP contribution is 2.30. The number of aromatic nitrogens is 1. The molecule has 2 nitrogen and oxygen atoms in total. The summed E-state index contributed by atoms with van der Waals surface area (Å²) >= 11 is 6.22. The molecule has 1 aliphatic rings. The third-order valence-corrected chi connectivity index (χ3v) is 4.49. The second kappa shape index (κ2) is 4.60. The second-order valence-electron chi connectivity index (χ2n) is 5.40. The van der Waals surface area contributed by atoms with Crippen LogP contribution in [0.25, 0.3) is 10.9 Å². The number of halogens is 1. The monoisotopic (exact) mass is 262 g/mol. The zero-order valence-electron chi connectivity index (χ0n) is 11.0. The molecule has 3 rings (SSSR count). The lowest BCUT2D eigenvalue weighted by molar-refractivity contribution is 0.581. The zero-order chi connectivity index (χ0) is 12.7. The van der Waals surface area contributed by atoms with Crippen molar-refractivity contribution in [2.24, 2.45) is 13.0 Å². The zero-order valence-corrected chi connectivity index (χ0v) is 11.7. The molecule has 0 amide bonds. The van der Waals surface area contributed by atoms with E-state index in [1.807, 2.05) is 6.07 Å². The minimum absolute atomic E-state index is 0.784. The summed E-state index contributed by atoms with van der Waals surface area (Å²) in [6.07, 6.45) is 4.74. The van der Waals surface area contributed by atoms with Gasteiger partial charge in [0.15, 0.2) is 0 Å². The van der Waals surface area contributed by atoms with Gasteiger partial charge in [0.05, 0.1) is 5.52 Å². The first-order valence-electron chi connectivity index (χ1n) is 6.60. The predicted octanol–water partition coefficient (Wildman–Crippen LogP) is 3.29. The van der Waals surface area contributed by atoms with Gasteiger partial charge < -0.3 is 9.88 Å². The van der Waals surface area contributed by atoms with Gasteiger partial charge in [-0.15, -0.1) is 0 Å². The van der Waals surface area contributed by atoms with Crippen molar-refractivity contribution in [3.8, 4) is 0 Å². The van der Waals surface area contributed by atoms with Gasteiger partial charge in [0.2, 0.25) is 0 Å². The van der Waals surface area contributed by atoms with Crippen molar-refractivity contribution in [3.63, 3.8) is 0 Å². The van der Waals surface area contributed by atoms with Crippen molar-refractivity contribution in [1.82, 2.24) is 9.88 Å². The van der Waals surface area contributed by atoms with Crippen molar-refractivity contribution in [2.45, 2.75) is 19.8 Å². The first kappa shape index (κ1) is 12.1. The highest BCUT2D eigenvalue weighted by Gasteiger charge is 2.18. The lowest BCUT2D eigenvalue weighted by Crippen LogP contribution is -2.10. The normalized spacial score (nSPS) is 19.8. The van der Waals surface area contributed by atoms with Gasteiger partial charge in [-0.1, -0.05) is 17.7 Å². The molecule has 1 N–H and O–H groups in total. The maximum atomic E-state index is 6.22. The van der Waals surface area contributed by atoms with E-state index < -0.39 is 0 Å². The van der Waals surface area contributed by atoms with Crippen LogP contribution in [0.1, 0.15) is 17.5 Å². The molecular formula is C15H19ClN2. The molecule has 96 valence electrons. The van der Waals surface area contributed by atoms with Crippen molar-refractivity contribution < 1.29 is 0 Å². The third-order valence-electron chi connectivity index (χ3n) is 4.08. The molecule has 1 saturated heterocycles. The highest BCUT2D eigenvalue weighted by molar-refractivity contribution is 6.32. The van der Waals surface area contributed by atoms with E-state index in [0.717, 1.165) is 17.5 Å². The van der Waals surface area contributed by atoms with Crippen LogP contribution in [0.15, 0.2) is 18.3 Å². The minimum Gasteiger partial charge on any atom is -0.350 e. The van der Waals surface area contributed by atoms with Gasteiger partial charge in [0, 0.05) is 23.7 Å². The van der Waals surface area contributed by atoms with Crippen molar-refractivity contribution in [3.05, 3.63) is 34.5 Å². The van der Waals surface area contributed by atoms with Crippen LogP contribution in [0.2, 0.25) is 5.02 Å². The van der Waals surface area contributed by atoms with Crippen LogP contribution in [0.3, 0.4) is 0 Å². The van der Waals surface area contributed by atoms with Gasteiger partial charge >= 0.3 is 0 Å². The highest BCUT2D eigenvalue weighted by atomic mass is 35.5. The summed E-state index contributed by atoms with van der Waals surface area (Å²) in [6, 6.07) is 4.19. The van der Waals surface area contributed by atoms with E-state index >= 15 is 0 Å². The molecule has 1 fully saturated rings. The molecule has 3 heteroatoms. The van der Waals surface area contributed by atoms with Gasteiger partial charge in [-0.3, -0.25) is 0 Å². The average Bonchev–Trinajstić information content (AvgIpc) is 2.94. The number of nitrogens with zero attached hydrogens (tertiary/aromatic N) is 1. The molecule has 1 aliphatic heterocycles. The number of benzene rings is 1. The maximum Gasteiger partial charge on any atom is 0.0525 e. The molecule has 0 spiro atoms. The van der Waals surface area contributed by atoms with Gasteiger partial charge in [-0.2, -0.15) is 0 Å². The van der Waals surface area contributed by atoms with Crippen LogP contribution in [0.4, 0.5) is 0 Å². The quantitative estimate of drug-likeness (QED) is 0.879. The number of hydrogen-bond donors (Lipinski definition) is 1. The van der Waals surface area contributed by atoms with Crippen molar-refractivity contribution >= 4 is 22.5 Å². The Hall–Kier alpha value is -0.990. The summed E-state index contributed by atoms with van der Waals surface area (Å²) in [5.74, 6) is 0.784. The Balaban J connectivity index is 2.05. The lowest BCUT2D eigenvalue weighted by atomic mass is 9.98. The number of nitrogens with one attached hydrogen (secondary N) is 1. The summed E-state index contributed by atoms with van der Waals surface area (Å²) < 4.78 is 2.22. The van der Waals surface area contributed by atoms with E-state index in [9.17, 15) is 0 Å². The van der Waals surface area contributed by atoms with Gasteiger partial charge in [-0.25, -0.2) is 0 Å². The predicted molar refractivity (Wildman–Crippen MR) is 77.3 cm³/mol. The number of aryl methyl sites for hydroxylation is 2. The first-order chi connectivity index (χ1) is 8.66. The summed E-state index contributed by atoms with van der Waals surface area (Å²) in [6.45, 7) is 4.43. The summed E-state index contributed by atoms with van der Waals surface area (Å²) in [5.41, 5.74) is 3.93. The summed E-state index contributed by atoms with van der Waals surface area (Å²) in [7, 11) is 2.11. The Morgan fingerprint density at radius 3 is 3.00 bits per heavy atom. The van der Waals surface area contributed by atoms with Crippen LogP contribution in [0, 0.1) is 12.8 Å². The fraction of sp³-hybridized carbons (Fsp3) is 0.467. The number of hydrogen-bond acceptors (Lipinski definition) is 1. The van der Waals surface area contributed by atoms with Gasteiger partial charge in [-0.05, 0) is 56.0 Å². The van der Waals surface area contributed by atoms with E-state index in [-0.39, 0.29) is 0 Å². The third kappa shape index (κ3) is 1.94. The first-order valence-corrected chi connectivity index (χ1v) is 6.98. The Bertz CT molecular complexity index is 580. The molecular weight excluding hydrogens is 244 g/mol. The average molecular weight is 263 g/mol. The Morgan fingerprint density at radius 2 is 2.28 bits per heavy atom. The lowest BCUT2D eigenvalue weighted by Gasteiger charge is -2.07. The topological polar surface area (TPSA) is 17.0 Å². The van der Waals surface area contributed by atoms with Crippen LogP contribution in [-0.4, -0.2) is 17.7 Å². The molecule has 0 bridgehead atoms. The summed E-state index contributed by atoms with van der Waals surface area (Å²) in [5, 5.41) is 5.67. The Kier molecular flexibility index (Phi) is 3.08. The van der Waals surface area contributed by atoms with Crippen molar-refractivity contribution in [1.29, 1.82) is 0 Å². The largest absolute Gasteiger partial charge is 0.350 e. The molecule has 2 heterocycles. The summed E-state index contributed by atoms with van der Waals surface area (Å²) in [4.78, 5) is 0. The SMILES string of the molecule is Cc1c(Cl)ccc2c(CC3CCNC3)cn(C)c12. The van der Waals surface area contributed by atoms with E-state index in [1.54, 1.807) is 0 Å². The molecule has 0 saturated carbocycles. The maximum absolute atomic E-state index is 6.22. The fourth-order valence-electron chi connectivity index (χ4n) is 3.12. The molecule has 0 aliphatic carbocycles. The molecule has 0 radical (unpaired) electrons. The molecule has 2 aromatic rings. The molecule has 1 atom stereocenters. The second-order valence-corrected chi connectivity index (χ2v) is 5.80. The van der Waals surface area contributed by atoms with Gasteiger partial charge in [0.1, 0.15) is 0 Å². The van der Waals surface area contributed by atoms with Gasteiger partial charge in [0.25, 0.3) is 0 Å². The number of rotatable bonds is 2. The molecule has 1 unspecified atom stereocenters. The fourth-order valence-corrected chi connectivity index (χ4v) is 3.27. The van der Waals surface area contributed by atoms with Crippen LogP contribution in [0.5, 0.6) is 0 Å². The van der Waals surface area contributed by atoms with Crippen LogP contribution < -0.4 is 5.32 Å². The van der Waals surface area contributed by atoms with E-state index in [4.69, 9.17) is 11.6 Å². The standard InChI is InChI=1S/C15H19ClN2/c1-10-14(16)4-3-13-12(9-18(2)15(10)13)7-11-5-6-17-8-11/h3-4,9,11,17H,5-8H2,1-2H3. The smallest absolute Gasteiger partial charge is 0.0525 e. The van der Waals surface area contributed by atoms with Crippen molar-refractivity contribution in [2.75, 3.05) is 13.1 Å². The molecule has 1 aromatic heterocycles. The minimum atomic E-state index is 0.784. The van der Waals surface area contributed by atoms with E-state index in [2.05, 4.69) is 36.1 Å². The van der Waals surface area contributed by atoms with Crippen LogP contribution in [-0.2, 0) is 13.5 Å². The Morgan fingerprint density at radius 1 is 1.44 bits per heavy atom. The van der Waals surface area contributed by atoms with E-state index in [0.29, 0.717) is 0 Å².